The molecule has 1 saturated heterocycles. The number of rotatable bonds is 5. The predicted molar refractivity (Wildman–Crippen MR) is 92.6 cm³/mol. The number of ether oxygens (including phenoxy) is 1. The van der Waals surface area contributed by atoms with Gasteiger partial charge in [0.25, 0.3) is 0 Å². The van der Waals surface area contributed by atoms with Gasteiger partial charge in [0.15, 0.2) is 0 Å². The number of nitrogens with one attached hydrogen (secondary N) is 1. The van der Waals surface area contributed by atoms with E-state index in [0.29, 0.717) is 11.5 Å². The highest BCUT2D eigenvalue weighted by Gasteiger charge is 2.24. The van der Waals surface area contributed by atoms with Crippen LogP contribution in [0.15, 0.2) is 12.4 Å². The number of piperidine rings is 1. The van der Waals surface area contributed by atoms with Gasteiger partial charge in [-0.25, -0.2) is 19.6 Å². The first kappa shape index (κ1) is 19.0. The molecule has 0 aliphatic carbocycles. The zero-order valence-corrected chi connectivity index (χ0v) is 15.0. The maximum absolute atomic E-state index is 11.8. The first-order valence-electron chi connectivity index (χ1n) is 8.53. The van der Waals surface area contributed by atoms with Crippen molar-refractivity contribution in [3.8, 4) is 0 Å². The van der Waals surface area contributed by atoms with Crippen molar-refractivity contribution in [1.29, 1.82) is 0 Å². The molecule has 1 aromatic heterocycles. The summed E-state index contributed by atoms with van der Waals surface area (Å²) in [6, 6.07) is -1.10. The first-order chi connectivity index (χ1) is 11.7. The van der Waals surface area contributed by atoms with Crippen molar-refractivity contribution in [2.75, 3.05) is 18.0 Å². The van der Waals surface area contributed by atoms with E-state index in [1.165, 1.54) is 6.42 Å². The Hall–Kier alpha value is -2.38. The highest BCUT2D eigenvalue weighted by molar-refractivity contribution is 5.80. The molecule has 1 unspecified atom stereocenters. The van der Waals surface area contributed by atoms with Crippen molar-refractivity contribution in [3.05, 3.63) is 18.0 Å². The molecule has 0 radical (unpaired) electrons. The maximum atomic E-state index is 11.8. The number of hydrogen-bond donors (Lipinski definition) is 2. The Morgan fingerprint density at radius 2 is 1.84 bits per heavy atom. The summed E-state index contributed by atoms with van der Waals surface area (Å²) in [6.45, 7) is 7.04. The molecule has 1 aliphatic heterocycles. The van der Waals surface area contributed by atoms with Crippen LogP contribution in [0.4, 0.5) is 10.7 Å². The third kappa shape index (κ3) is 6.21. The smallest absolute Gasteiger partial charge is 0.408 e. The van der Waals surface area contributed by atoms with Crippen LogP contribution in [-0.2, 0) is 16.0 Å². The van der Waals surface area contributed by atoms with Gasteiger partial charge in [0.1, 0.15) is 11.6 Å². The Labute approximate surface area is 147 Å². The van der Waals surface area contributed by atoms with E-state index in [0.717, 1.165) is 25.9 Å². The number of carbonyl (C=O) groups excluding carboxylic acids is 1. The van der Waals surface area contributed by atoms with E-state index >= 15 is 0 Å². The maximum Gasteiger partial charge on any atom is 0.408 e. The zero-order chi connectivity index (χ0) is 18.4. The molecule has 2 N–H and O–H groups in total. The molecule has 1 atom stereocenters. The number of anilines is 1. The molecule has 25 heavy (non-hydrogen) atoms. The van der Waals surface area contributed by atoms with Crippen LogP contribution in [0.2, 0.25) is 0 Å². The second kappa shape index (κ2) is 8.13. The van der Waals surface area contributed by atoms with Gasteiger partial charge in [-0.05, 0) is 45.6 Å². The summed E-state index contributed by atoms with van der Waals surface area (Å²) in [5.74, 6) is -0.471. The van der Waals surface area contributed by atoms with Gasteiger partial charge < -0.3 is 20.1 Å². The minimum absolute atomic E-state index is 0.0921. The largest absolute Gasteiger partial charge is 0.480 e. The van der Waals surface area contributed by atoms with Crippen LogP contribution >= 0.6 is 0 Å². The molecular formula is C17H26N4O4. The molecule has 1 fully saturated rings. The molecule has 2 rings (SSSR count). The molecule has 0 spiro atoms. The molecule has 1 amide bonds. The summed E-state index contributed by atoms with van der Waals surface area (Å²) >= 11 is 0. The van der Waals surface area contributed by atoms with Crippen LogP contribution in [0.25, 0.3) is 0 Å². The van der Waals surface area contributed by atoms with E-state index in [2.05, 4.69) is 20.2 Å². The van der Waals surface area contributed by atoms with Gasteiger partial charge in [-0.3, -0.25) is 0 Å². The molecule has 2 heterocycles. The lowest BCUT2D eigenvalue weighted by molar-refractivity contribution is -0.139. The van der Waals surface area contributed by atoms with Gasteiger partial charge in [-0.15, -0.1) is 0 Å². The normalized spacial score (nSPS) is 16.2. The Balaban J connectivity index is 1.97. The van der Waals surface area contributed by atoms with Crippen molar-refractivity contribution in [2.45, 2.75) is 58.1 Å². The number of aliphatic carboxylic acids is 1. The van der Waals surface area contributed by atoms with Crippen LogP contribution in [0.5, 0.6) is 0 Å². The Bertz CT molecular complexity index is 592. The van der Waals surface area contributed by atoms with E-state index in [1.54, 1.807) is 33.2 Å². The molecule has 8 heteroatoms. The molecule has 1 aliphatic rings. The zero-order valence-electron chi connectivity index (χ0n) is 15.0. The summed E-state index contributed by atoms with van der Waals surface area (Å²) < 4.78 is 5.10. The van der Waals surface area contributed by atoms with Gasteiger partial charge in [0.05, 0.1) is 0 Å². The van der Waals surface area contributed by atoms with Crippen molar-refractivity contribution in [3.63, 3.8) is 0 Å². The van der Waals surface area contributed by atoms with E-state index in [-0.39, 0.29) is 6.42 Å². The second-order valence-corrected chi connectivity index (χ2v) is 7.18. The summed E-state index contributed by atoms with van der Waals surface area (Å²) in [7, 11) is 0. The van der Waals surface area contributed by atoms with Gasteiger partial charge in [-0.2, -0.15) is 0 Å². The molecule has 0 bridgehead atoms. The van der Waals surface area contributed by atoms with Crippen molar-refractivity contribution in [2.24, 2.45) is 0 Å². The van der Waals surface area contributed by atoms with Crippen LogP contribution in [0.3, 0.4) is 0 Å². The fraction of sp³-hybridized carbons (Fsp3) is 0.647. The monoisotopic (exact) mass is 350 g/mol. The standard InChI is InChI=1S/C17H26N4O4/c1-17(2,3)25-16(24)20-13(14(22)23)9-12-10-18-15(19-11-12)21-7-5-4-6-8-21/h10-11,13H,4-9H2,1-3H3,(H,20,24)(H,22,23). The van der Waals surface area contributed by atoms with Crippen LogP contribution in [0, 0.1) is 0 Å². The number of hydrogen-bond acceptors (Lipinski definition) is 6. The number of carbonyl (C=O) groups is 2. The number of carboxylic acid groups (broad SMARTS) is 1. The van der Waals surface area contributed by atoms with E-state index < -0.39 is 23.7 Å². The molecule has 1 aromatic rings. The minimum atomic E-state index is -1.13. The number of amides is 1. The van der Waals surface area contributed by atoms with Crippen molar-refractivity contribution >= 4 is 18.0 Å². The fourth-order valence-corrected chi connectivity index (χ4v) is 2.60. The Morgan fingerprint density at radius 1 is 1.24 bits per heavy atom. The SMILES string of the molecule is CC(C)(C)OC(=O)NC(Cc1cnc(N2CCCCC2)nc1)C(=O)O. The Kier molecular flexibility index (Phi) is 6.17. The minimum Gasteiger partial charge on any atom is -0.480 e. The summed E-state index contributed by atoms with van der Waals surface area (Å²) in [6.07, 6.45) is 6.05. The highest BCUT2D eigenvalue weighted by Crippen LogP contribution is 2.15. The third-order valence-electron chi connectivity index (χ3n) is 3.76. The molecule has 0 aromatic carbocycles. The summed E-state index contributed by atoms with van der Waals surface area (Å²) in [5.41, 5.74) is -0.0454. The van der Waals surface area contributed by atoms with Gasteiger partial charge in [-0.1, -0.05) is 0 Å². The fourth-order valence-electron chi connectivity index (χ4n) is 2.60. The van der Waals surface area contributed by atoms with Crippen LogP contribution < -0.4 is 10.2 Å². The lowest BCUT2D eigenvalue weighted by atomic mass is 10.1. The second-order valence-electron chi connectivity index (χ2n) is 7.18. The quantitative estimate of drug-likeness (QED) is 0.836. The average molecular weight is 350 g/mol. The predicted octanol–water partition coefficient (Wildman–Crippen LogP) is 1.99. The topological polar surface area (TPSA) is 105 Å². The highest BCUT2D eigenvalue weighted by atomic mass is 16.6. The number of alkyl carbamates (subject to hydrolysis) is 1. The van der Waals surface area contributed by atoms with E-state index in [4.69, 9.17) is 4.74 Å². The van der Waals surface area contributed by atoms with Gasteiger partial charge in [0.2, 0.25) is 5.95 Å². The summed E-state index contributed by atoms with van der Waals surface area (Å²) in [5, 5.41) is 11.7. The molecule has 138 valence electrons. The van der Waals surface area contributed by atoms with E-state index in [9.17, 15) is 14.7 Å². The first-order valence-corrected chi connectivity index (χ1v) is 8.53. The third-order valence-corrected chi connectivity index (χ3v) is 3.76. The van der Waals surface area contributed by atoms with E-state index in [1.807, 2.05) is 0 Å². The van der Waals surface area contributed by atoms with Gasteiger partial charge >= 0.3 is 12.1 Å². The average Bonchev–Trinajstić information content (AvgIpc) is 2.54. The van der Waals surface area contributed by atoms with Crippen molar-refractivity contribution in [1.82, 2.24) is 15.3 Å². The number of carboxylic acids is 1. The molecule has 8 nitrogen and oxygen atoms in total. The molecule has 0 saturated carbocycles. The summed E-state index contributed by atoms with van der Waals surface area (Å²) in [4.78, 5) is 34.0. The molecular weight excluding hydrogens is 324 g/mol. The van der Waals surface area contributed by atoms with Crippen molar-refractivity contribution < 1.29 is 19.4 Å². The van der Waals surface area contributed by atoms with Crippen LogP contribution in [0.1, 0.15) is 45.6 Å². The Morgan fingerprint density at radius 3 is 2.36 bits per heavy atom. The lowest BCUT2D eigenvalue weighted by Crippen LogP contribution is -2.44. The van der Waals surface area contributed by atoms with Gasteiger partial charge in [0, 0.05) is 31.9 Å². The lowest BCUT2D eigenvalue weighted by Gasteiger charge is -2.26. The number of nitrogens with zero attached hydrogens (tertiary/aromatic N) is 3. The van der Waals surface area contributed by atoms with Crippen LogP contribution in [-0.4, -0.2) is 51.9 Å². The number of aromatic nitrogens is 2.